The van der Waals surface area contributed by atoms with E-state index in [-0.39, 0.29) is 31.0 Å². The number of hydrogen-bond acceptors (Lipinski definition) is 3. The minimum atomic E-state index is -2.83. The molecule has 0 spiro atoms. The van der Waals surface area contributed by atoms with E-state index >= 15 is 0 Å². The first kappa shape index (κ1) is 23.6. The second kappa shape index (κ2) is 8.15. The molecule has 0 aromatic heterocycles. The average molecular weight is 449 g/mol. The largest absolute Gasteiger partial charge is 0.483 e. The topological polar surface area (TPSA) is 54.5 Å². The number of rotatable bonds is 4. The van der Waals surface area contributed by atoms with Gasteiger partial charge in [-0.2, -0.15) is 0 Å². The van der Waals surface area contributed by atoms with Crippen LogP contribution in [-0.2, 0) is 10.2 Å². The average Bonchev–Trinajstić information content (AvgIpc) is 2.86. The van der Waals surface area contributed by atoms with Crippen LogP contribution in [0.2, 0.25) is 0 Å². The van der Waals surface area contributed by atoms with Crippen LogP contribution >= 0.6 is 0 Å². The lowest BCUT2D eigenvalue weighted by atomic mass is 9.64. The van der Waals surface area contributed by atoms with Crippen molar-refractivity contribution in [3.8, 4) is 0 Å². The van der Waals surface area contributed by atoms with Crippen LogP contribution in [0.1, 0.15) is 56.0 Å². The second-order valence-electron chi connectivity index (χ2n) is 9.18. The summed E-state index contributed by atoms with van der Waals surface area (Å²) in [6.07, 6.45) is -3.23. The number of alkyl halides is 2. The summed E-state index contributed by atoms with van der Waals surface area (Å²) in [5.41, 5.74) is 1.39. The lowest BCUT2D eigenvalue weighted by Gasteiger charge is -2.44. The van der Waals surface area contributed by atoms with Crippen LogP contribution in [0.4, 0.5) is 33.7 Å². The number of para-hydroxylation sites is 1. The van der Waals surface area contributed by atoms with E-state index in [4.69, 9.17) is 4.79 Å². The van der Waals surface area contributed by atoms with Crippen LogP contribution in [0.15, 0.2) is 48.5 Å². The van der Waals surface area contributed by atoms with Gasteiger partial charge >= 0.3 is 6.29 Å². The summed E-state index contributed by atoms with van der Waals surface area (Å²) in [6.45, 7) is 5.43. The number of halogens is 4. The Labute approximate surface area is 183 Å². The zero-order valence-corrected chi connectivity index (χ0v) is 17.9. The SMILES string of the molecule is CC1(CC(=O)c2ccc3c(c2)C(C)(C)C(=O)N3c2ccccc2)CC(F)(F)C1.O=C(F)F. The van der Waals surface area contributed by atoms with Crippen LogP contribution < -0.4 is 4.90 Å². The van der Waals surface area contributed by atoms with E-state index in [1.54, 1.807) is 30.0 Å². The molecular formula is C24H23F4NO3. The van der Waals surface area contributed by atoms with Gasteiger partial charge in [0.2, 0.25) is 11.8 Å². The van der Waals surface area contributed by atoms with Crippen LogP contribution in [-0.4, -0.2) is 23.9 Å². The van der Waals surface area contributed by atoms with Crippen molar-refractivity contribution in [3.05, 3.63) is 59.7 Å². The Kier molecular flexibility index (Phi) is 6.02. The number of hydrogen-bond donors (Lipinski definition) is 0. The van der Waals surface area contributed by atoms with Crippen molar-refractivity contribution in [1.82, 2.24) is 0 Å². The first-order chi connectivity index (χ1) is 14.8. The van der Waals surface area contributed by atoms with E-state index in [1.165, 1.54) is 0 Å². The first-order valence-corrected chi connectivity index (χ1v) is 10.1. The lowest BCUT2D eigenvalue weighted by molar-refractivity contribution is -0.152. The molecule has 0 N–H and O–H groups in total. The molecule has 2 aromatic rings. The summed E-state index contributed by atoms with van der Waals surface area (Å²) in [7, 11) is 0. The third-order valence-electron chi connectivity index (χ3n) is 5.94. The van der Waals surface area contributed by atoms with E-state index in [9.17, 15) is 27.2 Å². The van der Waals surface area contributed by atoms with E-state index in [2.05, 4.69) is 0 Å². The number of carbonyl (C=O) groups excluding carboxylic acids is 3. The number of amides is 1. The number of nitrogens with zero attached hydrogens (tertiary/aromatic N) is 1. The maximum absolute atomic E-state index is 13.3. The monoisotopic (exact) mass is 449 g/mol. The third kappa shape index (κ3) is 4.59. The van der Waals surface area contributed by atoms with Crippen molar-refractivity contribution in [2.75, 3.05) is 4.90 Å². The smallest absolute Gasteiger partial charge is 0.294 e. The minimum Gasteiger partial charge on any atom is -0.294 e. The summed E-state index contributed by atoms with van der Waals surface area (Å²) in [5.74, 6) is -2.86. The quantitative estimate of drug-likeness (QED) is 0.297. The van der Waals surface area contributed by atoms with Gasteiger partial charge in [0.1, 0.15) is 0 Å². The van der Waals surface area contributed by atoms with Gasteiger partial charge in [-0.1, -0.05) is 25.1 Å². The van der Waals surface area contributed by atoms with Crippen molar-refractivity contribution in [2.24, 2.45) is 5.41 Å². The van der Waals surface area contributed by atoms with Gasteiger partial charge in [0.05, 0.1) is 11.1 Å². The molecule has 0 unspecified atom stereocenters. The Morgan fingerprint density at radius 1 is 0.969 bits per heavy atom. The Balaban J connectivity index is 0.000000668. The molecule has 4 rings (SSSR count). The van der Waals surface area contributed by atoms with Crippen molar-refractivity contribution >= 4 is 29.4 Å². The maximum atomic E-state index is 13.3. The van der Waals surface area contributed by atoms with Gasteiger partial charge in [-0.3, -0.25) is 14.5 Å². The molecule has 1 fully saturated rings. The fraction of sp³-hybridized carbons (Fsp3) is 0.375. The fourth-order valence-corrected chi connectivity index (χ4v) is 4.55. The fourth-order valence-electron chi connectivity index (χ4n) is 4.55. The van der Waals surface area contributed by atoms with Gasteiger partial charge in [0, 0.05) is 30.5 Å². The molecule has 2 aromatic carbocycles. The van der Waals surface area contributed by atoms with Crippen molar-refractivity contribution < 1.29 is 31.9 Å². The van der Waals surface area contributed by atoms with Gasteiger partial charge in [0.25, 0.3) is 0 Å². The molecule has 0 bridgehead atoms. The van der Waals surface area contributed by atoms with E-state index in [0.29, 0.717) is 5.56 Å². The van der Waals surface area contributed by atoms with Gasteiger partial charge < -0.3 is 0 Å². The van der Waals surface area contributed by atoms with Crippen LogP contribution in [0.3, 0.4) is 0 Å². The predicted molar refractivity (Wildman–Crippen MR) is 112 cm³/mol. The van der Waals surface area contributed by atoms with Gasteiger partial charge in [-0.25, -0.2) is 13.6 Å². The second-order valence-corrected chi connectivity index (χ2v) is 9.18. The molecule has 2 aliphatic rings. The highest BCUT2D eigenvalue weighted by Crippen LogP contribution is 2.54. The summed E-state index contributed by atoms with van der Waals surface area (Å²) in [5, 5.41) is 0. The Morgan fingerprint density at radius 2 is 1.53 bits per heavy atom. The van der Waals surface area contributed by atoms with E-state index in [1.807, 2.05) is 44.2 Å². The number of fused-ring (bicyclic) bond motifs is 1. The molecule has 1 aliphatic heterocycles. The third-order valence-corrected chi connectivity index (χ3v) is 5.94. The predicted octanol–water partition coefficient (Wildman–Crippen LogP) is 6.70. The Morgan fingerprint density at radius 3 is 2.06 bits per heavy atom. The molecule has 0 atom stereocenters. The van der Waals surface area contributed by atoms with Gasteiger partial charge in [-0.05, 0) is 55.2 Å². The lowest BCUT2D eigenvalue weighted by Crippen LogP contribution is -2.45. The minimum absolute atomic E-state index is 0.0519. The zero-order chi connectivity index (χ0) is 23.9. The van der Waals surface area contributed by atoms with E-state index in [0.717, 1.165) is 16.9 Å². The maximum Gasteiger partial charge on any atom is 0.483 e. The summed E-state index contributed by atoms with van der Waals surface area (Å²) in [6, 6.07) is 14.6. The number of ketones is 1. The number of benzene rings is 2. The standard InChI is InChI=1S/C23H23F2NO2.CF2O/c1-21(2)17-11-15(19(27)12-22(3)13-23(24,25)14-22)9-10-18(17)26(20(21)28)16-7-5-4-6-8-16;2-1(3)4/h4-11H,12-14H2,1-3H3;. The highest BCUT2D eigenvalue weighted by Gasteiger charge is 2.54. The molecule has 1 saturated carbocycles. The highest BCUT2D eigenvalue weighted by molar-refractivity contribution is 6.13. The number of carbonyl (C=O) groups is 3. The van der Waals surface area contributed by atoms with Crippen molar-refractivity contribution in [2.45, 2.75) is 51.4 Å². The summed E-state index contributed by atoms with van der Waals surface area (Å²) < 4.78 is 45.9. The Bertz CT molecular complexity index is 1050. The van der Waals surface area contributed by atoms with Crippen LogP contribution in [0, 0.1) is 5.41 Å². The molecule has 170 valence electrons. The van der Waals surface area contributed by atoms with Crippen LogP contribution in [0.5, 0.6) is 0 Å². The Hall–Kier alpha value is -3.03. The van der Waals surface area contributed by atoms with E-state index < -0.39 is 23.0 Å². The molecule has 1 aliphatic carbocycles. The van der Waals surface area contributed by atoms with Crippen LogP contribution in [0.25, 0.3) is 0 Å². The molecular weight excluding hydrogens is 426 g/mol. The summed E-state index contributed by atoms with van der Waals surface area (Å²) in [4.78, 5) is 35.6. The molecule has 0 saturated heterocycles. The van der Waals surface area contributed by atoms with Crippen molar-refractivity contribution in [3.63, 3.8) is 0 Å². The highest BCUT2D eigenvalue weighted by atomic mass is 19.3. The number of Topliss-reactive ketones (excluding diaryl/α,β-unsaturated/α-hetero) is 1. The first-order valence-electron chi connectivity index (χ1n) is 10.1. The molecule has 4 nitrogen and oxygen atoms in total. The zero-order valence-electron chi connectivity index (χ0n) is 17.9. The molecule has 32 heavy (non-hydrogen) atoms. The molecule has 0 radical (unpaired) electrons. The molecule has 1 heterocycles. The molecule has 1 amide bonds. The summed E-state index contributed by atoms with van der Waals surface area (Å²) >= 11 is 0. The molecule has 8 heteroatoms. The van der Waals surface area contributed by atoms with Gasteiger partial charge in [-0.15, -0.1) is 8.78 Å². The normalized spacial score (nSPS) is 19.3. The number of anilines is 2. The van der Waals surface area contributed by atoms with Crippen molar-refractivity contribution in [1.29, 1.82) is 0 Å². The van der Waals surface area contributed by atoms with Gasteiger partial charge in [0.15, 0.2) is 5.78 Å².